The van der Waals surface area contributed by atoms with E-state index in [1.165, 1.54) is 12.8 Å². The minimum atomic E-state index is 0.266. The van der Waals surface area contributed by atoms with Gasteiger partial charge < -0.3 is 10.1 Å². The van der Waals surface area contributed by atoms with Crippen LogP contribution in [0.5, 0.6) is 0 Å². The topological polar surface area (TPSA) is 24.5 Å². The molecule has 3 nitrogen and oxygen atoms in total. The number of methoxy groups -OCH3 is 1. The first-order valence-electron chi connectivity index (χ1n) is 6.48. The van der Waals surface area contributed by atoms with Crippen molar-refractivity contribution in [2.24, 2.45) is 0 Å². The first-order valence-corrected chi connectivity index (χ1v) is 6.48. The molecule has 1 aliphatic heterocycles. The van der Waals surface area contributed by atoms with E-state index in [-0.39, 0.29) is 11.1 Å². The maximum Gasteiger partial charge on any atom is 0.0589 e. The molecule has 0 spiro atoms. The average molecular weight is 228 g/mol. The van der Waals surface area contributed by atoms with Crippen molar-refractivity contribution in [1.82, 2.24) is 10.2 Å². The Morgan fingerprint density at radius 1 is 1.25 bits per heavy atom. The predicted octanol–water partition coefficient (Wildman–Crippen LogP) is 1.88. The molecule has 2 unspecified atom stereocenters. The molecule has 0 bridgehead atoms. The fourth-order valence-corrected chi connectivity index (χ4v) is 2.32. The van der Waals surface area contributed by atoms with Crippen LogP contribution in [0.1, 0.15) is 40.5 Å². The molecule has 0 aliphatic carbocycles. The highest BCUT2D eigenvalue weighted by Gasteiger charge is 2.40. The molecular formula is C13H28N2O. The normalized spacial score (nSPS) is 36.6. The van der Waals surface area contributed by atoms with Crippen LogP contribution in [0.2, 0.25) is 0 Å². The Labute approximate surface area is 101 Å². The lowest BCUT2D eigenvalue weighted by Gasteiger charge is -2.52. The van der Waals surface area contributed by atoms with Gasteiger partial charge in [0.1, 0.15) is 0 Å². The fourth-order valence-electron chi connectivity index (χ4n) is 2.32. The van der Waals surface area contributed by atoms with E-state index in [9.17, 15) is 0 Å². The Bertz CT molecular complexity index is 222. The predicted molar refractivity (Wildman–Crippen MR) is 68.8 cm³/mol. The molecule has 0 aromatic carbocycles. The molecule has 0 saturated carbocycles. The van der Waals surface area contributed by atoms with E-state index in [1.54, 1.807) is 7.11 Å². The van der Waals surface area contributed by atoms with Crippen LogP contribution in [-0.4, -0.2) is 49.3 Å². The molecule has 0 radical (unpaired) electrons. The Morgan fingerprint density at radius 3 is 2.44 bits per heavy atom. The van der Waals surface area contributed by atoms with Gasteiger partial charge in [0.15, 0.2) is 0 Å². The van der Waals surface area contributed by atoms with Gasteiger partial charge in [0, 0.05) is 37.8 Å². The summed E-state index contributed by atoms with van der Waals surface area (Å²) in [6, 6.07) is 0. The highest BCUT2D eigenvalue weighted by molar-refractivity contribution is 5.00. The third-order valence-corrected chi connectivity index (χ3v) is 4.31. The second-order valence-corrected chi connectivity index (χ2v) is 5.53. The summed E-state index contributed by atoms with van der Waals surface area (Å²) < 4.78 is 5.22. The smallest absolute Gasteiger partial charge is 0.0589 e. The standard InChI is InChI=1S/C13H28N2O/c1-6-12(3)11-15(8-9-16-5)13(4,7-2)10-14-12/h14H,6-11H2,1-5H3. The molecule has 1 N–H and O–H groups in total. The van der Waals surface area contributed by atoms with E-state index in [4.69, 9.17) is 4.74 Å². The van der Waals surface area contributed by atoms with Gasteiger partial charge in [-0.2, -0.15) is 0 Å². The van der Waals surface area contributed by atoms with Gasteiger partial charge in [-0.15, -0.1) is 0 Å². The number of hydrogen-bond donors (Lipinski definition) is 1. The maximum absolute atomic E-state index is 5.22. The number of rotatable bonds is 5. The molecule has 0 amide bonds. The monoisotopic (exact) mass is 228 g/mol. The molecule has 16 heavy (non-hydrogen) atoms. The van der Waals surface area contributed by atoms with Crippen LogP contribution in [0.25, 0.3) is 0 Å². The summed E-state index contributed by atoms with van der Waals surface area (Å²) >= 11 is 0. The zero-order valence-corrected chi connectivity index (χ0v) is 11.6. The van der Waals surface area contributed by atoms with Gasteiger partial charge in [-0.1, -0.05) is 13.8 Å². The second-order valence-electron chi connectivity index (χ2n) is 5.53. The summed E-state index contributed by atoms with van der Waals surface area (Å²) in [5.41, 5.74) is 0.551. The summed E-state index contributed by atoms with van der Waals surface area (Å²) in [7, 11) is 1.78. The molecule has 96 valence electrons. The zero-order chi connectivity index (χ0) is 12.2. The highest BCUT2D eigenvalue weighted by Crippen LogP contribution is 2.27. The Balaban J connectivity index is 2.69. The van der Waals surface area contributed by atoms with E-state index in [0.717, 1.165) is 26.2 Å². The number of piperazine rings is 1. The lowest BCUT2D eigenvalue weighted by atomic mass is 9.86. The molecule has 1 fully saturated rings. The molecule has 1 aliphatic rings. The van der Waals surface area contributed by atoms with Crippen molar-refractivity contribution < 1.29 is 4.74 Å². The van der Waals surface area contributed by atoms with Crippen molar-refractivity contribution in [3.8, 4) is 0 Å². The van der Waals surface area contributed by atoms with Gasteiger partial charge >= 0.3 is 0 Å². The fraction of sp³-hybridized carbons (Fsp3) is 1.00. The Hall–Kier alpha value is -0.120. The van der Waals surface area contributed by atoms with Crippen LogP contribution in [0, 0.1) is 0 Å². The molecule has 0 aromatic heterocycles. The lowest BCUT2D eigenvalue weighted by molar-refractivity contribution is 0.000699. The summed E-state index contributed by atoms with van der Waals surface area (Å²) in [5.74, 6) is 0. The van der Waals surface area contributed by atoms with E-state index in [2.05, 4.69) is 37.9 Å². The van der Waals surface area contributed by atoms with Crippen molar-refractivity contribution in [1.29, 1.82) is 0 Å². The maximum atomic E-state index is 5.22. The molecule has 0 aromatic rings. The van der Waals surface area contributed by atoms with E-state index in [0.29, 0.717) is 0 Å². The van der Waals surface area contributed by atoms with Crippen molar-refractivity contribution in [2.75, 3.05) is 33.4 Å². The molecule has 1 rings (SSSR count). The van der Waals surface area contributed by atoms with E-state index < -0.39 is 0 Å². The van der Waals surface area contributed by atoms with Crippen molar-refractivity contribution >= 4 is 0 Å². The van der Waals surface area contributed by atoms with Crippen molar-refractivity contribution in [3.63, 3.8) is 0 Å². The quantitative estimate of drug-likeness (QED) is 0.777. The van der Waals surface area contributed by atoms with Crippen LogP contribution in [0.15, 0.2) is 0 Å². The third kappa shape index (κ3) is 2.96. The summed E-state index contributed by atoms with van der Waals surface area (Å²) in [5, 5.41) is 3.71. The lowest BCUT2D eigenvalue weighted by Crippen LogP contribution is -2.68. The number of nitrogens with zero attached hydrogens (tertiary/aromatic N) is 1. The summed E-state index contributed by atoms with van der Waals surface area (Å²) in [6.07, 6.45) is 2.36. The van der Waals surface area contributed by atoms with Crippen LogP contribution >= 0.6 is 0 Å². The minimum absolute atomic E-state index is 0.266. The Kier molecular flexibility index (Phi) is 4.77. The van der Waals surface area contributed by atoms with Gasteiger partial charge in [0.25, 0.3) is 0 Å². The van der Waals surface area contributed by atoms with Gasteiger partial charge in [0.05, 0.1) is 6.61 Å². The van der Waals surface area contributed by atoms with Crippen LogP contribution in [-0.2, 0) is 4.74 Å². The summed E-state index contributed by atoms with van der Waals surface area (Å²) in [4.78, 5) is 2.59. The van der Waals surface area contributed by atoms with Crippen molar-refractivity contribution in [2.45, 2.75) is 51.6 Å². The van der Waals surface area contributed by atoms with Crippen LogP contribution in [0.4, 0.5) is 0 Å². The Morgan fingerprint density at radius 2 is 1.94 bits per heavy atom. The van der Waals surface area contributed by atoms with Gasteiger partial charge in [-0.25, -0.2) is 0 Å². The van der Waals surface area contributed by atoms with Gasteiger partial charge in [0.2, 0.25) is 0 Å². The molecule has 1 heterocycles. The average Bonchev–Trinajstić information content (AvgIpc) is 2.31. The number of hydrogen-bond acceptors (Lipinski definition) is 3. The number of ether oxygens (including phenoxy) is 1. The molecular weight excluding hydrogens is 200 g/mol. The van der Waals surface area contributed by atoms with Gasteiger partial charge in [-0.05, 0) is 26.7 Å². The van der Waals surface area contributed by atoms with E-state index in [1.807, 2.05) is 0 Å². The van der Waals surface area contributed by atoms with Gasteiger partial charge in [-0.3, -0.25) is 4.90 Å². The summed E-state index contributed by atoms with van der Waals surface area (Å²) in [6.45, 7) is 13.3. The van der Waals surface area contributed by atoms with Crippen molar-refractivity contribution in [3.05, 3.63) is 0 Å². The first-order chi connectivity index (χ1) is 7.49. The largest absolute Gasteiger partial charge is 0.383 e. The first kappa shape index (κ1) is 13.9. The zero-order valence-electron chi connectivity index (χ0n) is 11.6. The third-order valence-electron chi connectivity index (χ3n) is 4.31. The second kappa shape index (κ2) is 5.48. The molecule has 3 heteroatoms. The minimum Gasteiger partial charge on any atom is -0.383 e. The molecule has 1 saturated heterocycles. The van der Waals surface area contributed by atoms with E-state index >= 15 is 0 Å². The van der Waals surface area contributed by atoms with Crippen LogP contribution < -0.4 is 5.32 Å². The molecule has 2 atom stereocenters. The highest BCUT2D eigenvalue weighted by atomic mass is 16.5. The number of nitrogens with one attached hydrogen (secondary N) is 1. The SMILES string of the molecule is CCC1(C)CN(CCOC)C(C)(CC)CN1. The van der Waals surface area contributed by atoms with Crippen LogP contribution in [0.3, 0.4) is 0 Å².